The maximum absolute atomic E-state index is 14.0. The van der Waals surface area contributed by atoms with Crippen LogP contribution >= 0.6 is 0 Å². The third kappa shape index (κ3) is 3.68. The molecule has 0 spiro atoms. The molecule has 4 aromatic rings. The summed E-state index contributed by atoms with van der Waals surface area (Å²) < 4.78 is 50.1. The minimum atomic E-state index is -1.51. The van der Waals surface area contributed by atoms with Crippen molar-refractivity contribution in [2.24, 2.45) is 7.05 Å². The number of hydrogen-bond acceptors (Lipinski definition) is 5. The van der Waals surface area contributed by atoms with E-state index in [2.05, 4.69) is 15.2 Å². The number of halogens is 3. The Morgan fingerprint density at radius 3 is 2.49 bits per heavy atom. The average molecular weight is 509 g/mol. The molecule has 6 rings (SSSR count). The van der Waals surface area contributed by atoms with Crippen molar-refractivity contribution in [1.82, 2.24) is 29.4 Å². The van der Waals surface area contributed by atoms with Gasteiger partial charge in [-0.2, -0.15) is 14.8 Å². The fourth-order valence-corrected chi connectivity index (χ4v) is 5.58. The van der Waals surface area contributed by atoms with Gasteiger partial charge in [0.2, 0.25) is 5.82 Å². The lowest BCUT2D eigenvalue weighted by atomic mass is 9.81. The Bertz CT molecular complexity index is 1490. The average Bonchev–Trinajstić information content (AvgIpc) is 3.48. The summed E-state index contributed by atoms with van der Waals surface area (Å²) in [5.74, 6) is -4.34. The molecule has 2 atom stereocenters. The number of hydrogen-bond donors (Lipinski definition) is 0. The summed E-state index contributed by atoms with van der Waals surface area (Å²) in [7, 11) is 3.15. The summed E-state index contributed by atoms with van der Waals surface area (Å²) in [5.41, 5.74) is 2.91. The van der Waals surface area contributed by atoms with E-state index in [1.807, 2.05) is 30.3 Å². The van der Waals surface area contributed by atoms with Crippen molar-refractivity contribution in [3.8, 4) is 23.0 Å². The standard InChI is InChI=1S/C26H23F3N6O2/c1-33-23(14-11-18(27)21(29)19(28)12-14)17-13-16-9-6-10-20(22(17)31-33)34(16)25(36)24-30-26(37-2)35(32-24)15-7-4-3-5-8-15/h3-5,7-8,11-12,16,20H,6,9-10,13H2,1-2H3/t16-,20+/m1/s1. The van der Waals surface area contributed by atoms with Crippen LogP contribution in [0.2, 0.25) is 0 Å². The van der Waals surface area contributed by atoms with Crippen LogP contribution in [0.15, 0.2) is 42.5 Å². The third-order valence-corrected chi connectivity index (χ3v) is 7.12. The van der Waals surface area contributed by atoms with Gasteiger partial charge in [0.1, 0.15) is 0 Å². The number of fused-ring (bicyclic) bond motifs is 4. The van der Waals surface area contributed by atoms with Crippen molar-refractivity contribution in [3.63, 3.8) is 0 Å². The quantitative estimate of drug-likeness (QED) is 0.382. The minimum Gasteiger partial charge on any atom is -0.467 e. The largest absolute Gasteiger partial charge is 0.467 e. The normalized spacial score (nSPS) is 18.6. The summed E-state index contributed by atoms with van der Waals surface area (Å²) in [6.45, 7) is 0. The number of carbonyl (C=O) groups is 1. The van der Waals surface area contributed by atoms with E-state index < -0.39 is 17.5 Å². The second kappa shape index (κ2) is 8.75. The van der Waals surface area contributed by atoms with Gasteiger partial charge in [-0.05, 0) is 49.9 Å². The van der Waals surface area contributed by atoms with Gasteiger partial charge in [0.25, 0.3) is 5.91 Å². The van der Waals surface area contributed by atoms with Crippen molar-refractivity contribution in [2.75, 3.05) is 7.11 Å². The molecule has 8 nitrogen and oxygen atoms in total. The Kier molecular flexibility index (Phi) is 5.50. The zero-order valence-electron chi connectivity index (χ0n) is 20.2. The molecule has 2 aromatic heterocycles. The number of rotatable bonds is 4. The molecule has 1 amide bonds. The van der Waals surface area contributed by atoms with Crippen molar-refractivity contribution >= 4 is 5.91 Å². The smallest absolute Gasteiger partial charge is 0.320 e. The Morgan fingerprint density at radius 2 is 1.78 bits per heavy atom. The summed E-state index contributed by atoms with van der Waals surface area (Å²) in [6.07, 6.45) is 2.77. The molecular weight excluding hydrogens is 485 g/mol. The molecule has 2 aliphatic heterocycles. The lowest BCUT2D eigenvalue weighted by Gasteiger charge is -2.44. The summed E-state index contributed by atoms with van der Waals surface area (Å²) >= 11 is 0. The van der Waals surface area contributed by atoms with Crippen molar-refractivity contribution in [1.29, 1.82) is 0 Å². The molecule has 0 N–H and O–H groups in total. The second-order valence-electron chi connectivity index (χ2n) is 9.28. The summed E-state index contributed by atoms with van der Waals surface area (Å²) in [4.78, 5) is 19.9. The molecule has 2 aromatic carbocycles. The van der Waals surface area contributed by atoms with Gasteiger partial charge in [-0.15, -0.1) is 5.10 Å². The van der Waals surface area contributed by atoms with Gasteiger partial charge in [-0.25, -0.2) is 13.2 Å². The molecule has 2 aliphatic rings. The highest BCUT2D eigenvalue weighted by molar-refractivity contribution is 5.91. The van der Waals surface area contributed by atoms with Crippen LogP contribution in [0.3, 0.4) is 0 Å². The third-order valence-electron chi connectivity index (χ3n) is 7.12. The number of ether oxygens (including phenoxy) is 1. The predicted octanol–water partition coefficient (Wildman–Crippen LogP) is 4.39. The van der Waals surface area contributed by atoms with E-state index in [1.165, 1.54) is 11.8 Å². The number of methoxy groups -OCH3 is 1. The van der Waals surface area contributed by atoms with Crippen LogP contribution in [0, 0.1) is 17.5 Å². The zero-order chi connectivity index (χ0) is 25.8. The van der Waals surface area contributed by atoms with Crippen LogP contribution < -0.4 is 4.74 Å². The Balaban J connectivity index is 1.40. The van der Waals surface area contributed by atoms with Gasteiger partial charge in [-0.1, -0.05) is 18.2 Å². The summed E-state index contributed by atoms with van der Waals surface area (Å²) in [5, 5.41) is 9.11. The van der Waals surface area contributed by atoms with Gasteiger partial charge in [0, 0.05) is 24.2 Å². The highest BCUT2D eigenvalue weighted by Crippen LogP contribution is 2.45. The molecule has 0 aliphatic carbocycles. The highest BCUT2D eigenvalue weighted by Gasteiger charge is 2.44. The van der Waals surface area contributed by atoms with Crippen LogP contribution in [0.25, 0.3) is 16.9 Å². The highest BCUT2D eigenvalue weighted by atomic mass is 19.2. The van der Waals surface area contributed by atoms with Gasteiger partial charge in [0.15, 0.2) is 17.5 Å². The number of carbonyl (C=O) groups excluding carboxylic acids is 1. The number of nitrogens with zero attached hydrogens (tertiary/aromatic N) is 6. The molecular formula is C26H23F3N6O2. The van der Waals surface area contributed by atoms with Gasteiger partial charge >= 0.3 is 6.01 Å². The minimum absolute atomic E-state index is 0.0138. The maximum atomic E-state index is 14.0. The first kappa shape index (κ1) is 23.3. The van der Waals surface area contributed by atoms with Crippen LogP contribution in [0.1, 0.15) is 47.2 Å². The van der Waals surface area contributed by atoms with E-state index in [9.17, 15) is 18.0 Å². The molecule has 0 saturated carbocycles. The topological polar surface area (TPSA) is 78.1 Å². The number of para-hydroxylation sites is 1. The molecule has 190 valence electrons. The number of amides is 1. The predicted molar refractivity (Wildman–Crippen MR) is 127 cm³/mol. The van der Waals surface area contributed by atoms with Crippen molar-refractivity contribution < 1.29 is 22.7 Å². The van der Waals surface area contributed by atoms with Crippen molar-refractivity contribution in [3.05, 3.63) is 77.0 Å². The fourth-order valence-electron chi connectivity index (χ4n) is 5.58. The number of piperidine rings is 1. The van der Waals surface area contributed by atoms with E-state index in [4.69, 9.17) is 4.74 Å². The maximum Gasteiger partial charge on any atom is 0.320 e. The Morgan fingerprint density at radius 1 is 1.05 bits per heavy atom. The monoisotopic (exact) mass is 508 g/mol. The number of aryl methyl sites for hydroxylation is 1. The number of benzene rings is 2. The molecule has 0 unspecified atom stereocenters. The lowest BCUT2D eigenvalue weighted by molar-refractivity contribution is 0.0379. The molecule has 4 heterocycles. The van der Waals surface area contributed by atoms with Crippen LogP contribution in [0.4, 0.5) is 13.2 Å². The molecule has 0 radical (unpaired) electrons. The molecule has 1 saturated heterocycles. The molecule has 11 heteroatoms. The van der Waals surface area contributed by atoms with E-state index in [0.29, 0.717) is 29.9 Å². The van der Waals surface area contributed by atoms with Crippen molar-refractivity contribution in [2.45, 2.75) is 37.8 Å². The second-order valence-corrected chi connectivity index (χ2v) is 9.28. The zero-order valence-corrected chi connectivity index (χ0v) is 20.2. The van der Waals surface area contributed by atoms with Gasteiger partial charge < -0.3 is 9.64 Å². The van der Waals surface area contributed by atoms with Crippen LogP contribution in [-0.4, -0.2) is 48.5 Å². The molecule has 2 bridgehead atoms. The molecule has 1 fully saturated rings. The van der Waals surface area contributed by atoms with E-state index in [0.717, 1.165) is 30.5 Å². The first-order valence-corrected chi connectivity index (χ1v) is 12.0. The SMILES string of the molecule is COc1nc(C(=O)N2[C@@H]3CCC[C@H]2c2nn(C)c(-c4cc(F)c(F)c(F)c4)c2C3)nn1-c1ccccc1. The molecule has 37 heavy (non-hydrogen) atoms. The van der Waals surface area contributed by atoms with E-state index >= 15 is 0 Å². The number of aromatic nitrogens is 5. The van der Waals surface area contributed by atoms with E-state index in [-0.39, 0.29) is 35.4 Å². The fraction of sp³-hybridized carbons (Fsp3) is 0.308. The van der Waals surface area contributed by atoms with Crippen LogP contribution in [-0.2, 0) is 13.5 Å². The first-order valence-electron chi connectivity index (χ1n) is 12.0. The van der Waals surface area contributed by atoms with Crippen LogP contribution in [0.5, 0.6) is 6.01 Å². The van der Waals surface area contributed by atoms with Gasteiger partial charge in [-0.3, -0.25) is 9.48 Å². The van der Waals surface area contributed by atoms with E-state index in [1.54, 1.807) is 16.6 Å². The Labute approximate surface area is 210 Å². The summed E-state index contributed by atoms with van der Waals surface area (Å²) in [6, 6.07) is 10.9. The Hall–Kier alpha value is -4.15. The lowest BCUT2D eigenvalue weighted by Crippen LogP contribution is -2.50. The van der Waals surface area contributed by atoms with Gasteiger partial charge in [0.05, 0.1) is 30.2 Å². The first-order chi connectivity index (χ1) is 17.9.